The van der Waals surface area contributed by atoms with Crippen molar-refractivity contribution >= 4 is 22.6 Å². The molecule has 5 rings (SSSR count). The minimum Gasteiger partial charge on any atom is -0.493 e. The van der Waals surface area contributed by atoms with E-state index in [0.29, 0.717) is 25.5 Å². The van der Waals surface area contributed by atoms with Crippen LogP contribution in [0.5, 0.6) is 5.75 Å². The van der Waals surface area contributed by atoms with E-state index in [1.807, 2.05) is 23.1 Å². The average Bonchev–Trinajstić information content (AvgIpc) is 3.42. The topological polar surface area (TPSA) is 47.4 Å². The van der Waals surface area contributed by atoms with Crippen molar-refractivity contribution in [2.24, 2.45) is 0 Å². The Hall–Kier alpha value is -3.60. The Kier molecular flexibility index (Phi) is 6.82. The number of para-hydroxylation sites is 2. The molecule has 1 saturated heterocycles. The maximum absolute atomic E-state index is 13.0. The number of carbonyl (C=O) groups excluding carboxylic acids is 1. The summed E-state index contributed by atoms with van der Waals surface area (Å²) >= 11 is 0. The van der Waals surface area contributed by atoms with Crippen molar-refractivity contribution in [2.45, 2.75) is 58.9 Å². The SMILES string of the molecule is Cc1ccc(N2CC(c3nc4ccccc4n3CCCOc3cc(C)ccc3C(C)C)CC2=O)cc1. The molecular weight excluding hydrogens is 446 g/mol. The monoisotopic (exact) mass is 481 g/mol. The van der Waals surface area contributed by atoms with Gasteiger partial charge in [-0.3, -0.25) is 4.79 Å². The van der Waals surface area contributed by atoms with Gasteiger partial charge in [0.05, 0.1) is 17.6 Å². The molecule has 5 heteroatoms. The second-order valence-electron chi connectivity index (χ2n) is 10.2. The molecule has 0 N–H and O–H groups in total. The van der Waals surface area contributed by atoms with E-state index < -0.39 is 0 Å². The van der Waals surface area contributed by atoms with Gasteiger partial charge in [-0.2, -0.15) is 0 Å². The minimum atomic E-state index is 0.0661. The molecule has 1 unspecified atom stereocenters. The lowest BCUT2D eigenvalue weighted by molar-refractivity contribution is -0.117. The summed E-state index contributed by atoms with van der Waals surface area (Å²) in [7, 11) is 0. The molecule has 2 heterocycles. The van der Waals surface area contributed by atoms with Crippen LogP contribution < -0.4 is 9.64 Å². The zero-order valence-electron chi connectivity index (χ0n) is 21.7. The molecule has 5 nitrogen and oxygen atoms in total. The van der Waals surface area contributed by atoms with Crippen molar-refractivity contribution in [3.05, 3.63) is 89.2 Å². The molecule has 1 aliphatic rings. The highest BCUT2D eigenvalue weighted by Crippen LogP contribution is 2.33. The molecular formula is C31H35N3O2. The molecule has 3 aromatic carbocycles. The number of benzene rings is 3. The molecule has 1 amide bonds. The number of anilines is 1. The van der Waals surface area contributed by atoms with E-state index >= 15 is 0 Å². The van der Waals surface area contributed by atoms with Gasteiger partial charge < -0.3 is 14.2 Å². The number of fused-ring (bicyclic) bond motifs is 1. The third-order valence-corrected chi connectivity index (χ3v) is 7.09. The van der Waals surface area contributed by atoms with Crippen molar-refractivity contribution < 1.29 is 9.53 Å². The first-order valence-corrected chi connectivity index (χ1v) is 13.0. The quantitative estimate of drug-likeness (QED) is 0.261. The lowest BCUT2D eigenvalue weighted by atomic mass is 10.0. The van der Waals surface area contributed by atoms with Gasteiger partial charge in [0.1, 0.15) is 11.6 Å². The second kappa shape index (κ2) is 10.2. The summed E-state index contributed by atoms with van der Waals surface area (Å²) in [5.74, 6) is 2.62. The second-order valence-corrected chi connectivity index (χ2v) is 10.2. The van der Waals surface area contributed by atoms with Crippen LogP contribution in [-0.4, -0.2) is 28.6 Å². The van der Waals surface area contributed by atoms with Crippen molar-refractivity contribution in [3.8, 4) is 5.75 Å². The van der Waals surface area contributed by atoms with E-state index in [0.717, 1.165) is 41.3 Å². The average molecular weight is 482 g/mol. The van der Waals surface area contributed by atoms with Crippen molar-refractivity contribution in [3.63, 3.8) is 0 Å². The third-order valence-electron chi connectivity index (χ3n) is 7.09. The molecule has 1 aromatic heterocycles. The first-order chi connectivity index (χ1) is 17.4. The minimum absolute atomic E-state index is 0.0661. The first-order valence-electron chi connectivity index (χ1n) is 13.0. The molecule has 4 aromatic rings. The van der Waals surface area contributed by atoms with Gasteiger partial charge in [0.2, 0.25) is 5.91 Å². The summed E-state index contributed by atoms with van der Waals surface area (Å²) in [6, 6.07) is 22.9. The molecule has 1 atom stereocenters. The van der Waals surface area contributed by atoms with E-state index in [1.54, 1.807) is 0 Å². The van der Waals surface area contributed by atoms with Crippen LogP contribution in [0.4, 0.5) is 5.69 Å². The summed E-state index contributed by atoms with van der Waals surface area (Å²) in [4.78, 5) is 19.9. The molecule has 1 aliphatic heterocycles. The van der Waals surface area contributed by atoms with Gasteiger partial charge in [0.25, 0.3) is 0 Å². The molecule has 0 spiro atoms. The number of hydrogen-bond donors (Lipinski definition) is 0. The van der Waals surface area contributed by atoms with Gasteiger partial charge in [0.15, 0.2) is 0 Å². The predicted molar refractivity (Wildman–Crippen MR) is 146 cm³/mol. The molecule has 186 valence electrons. The number of imidazole rings is 1. The number of rotatable bonds is 8. The number of ether oxygens (including phenoxy) is 1. The fourth-order valence-electron chi connectivity index (χ4n) is 5.14. The highest BCUT2D eigenvalue weighted by molar-refractivity contribution is 5.96. The summed E-state index contributed by atoms with van der Waals surface area (Å²) < 4.78 is 8.56. The zero-order chi connectivity index (χ0) is 25.2. The molecule has 36 heavy (non-hydrogen) atoms. The number of nitrogens with zero attached hydrogens (tertiary/aromatic N) is 3. The molecule has 0 saturated carbocycles. The Bertz CT molecular complexity index is 1370. The Balaban J connectivity index is 1.34. The van der Waals surface area contributed by atoms with Gasteiger partial charge in [-0.25, -0.2) is 4.98 Å². The maximum atomic E-state index is 13.0. The Morgan fingerprint density at radius 1 is 1.00 bits per heavy atom. The fourth-order valence-corrected chi connectivity index (χ4v) is 5.14. The van der Waals surface area contributed by atoms with E-state index in [1.165, 1.54) is 16.7 Å². The van der Waals surface area contributed by atoms with E-state index in [4.69, 9.17) is 9.72 Å². The van der Waals surface area contributed by atoms with Gasteiger partial charge in [-0.1, -0.05) is 55.8 Å². The van der Waals surface area contributed by atoms with Crippen molar-refractivity contribution in [2.75, 3.05) is 18.1 Å². The Labute approximate surface area is 213 Å². The van der Waals surface area contributed by atoms with Crippen molar-refractivity contribution in [1.82, 2.24) is 9.55 Å². The van der Waals surface area contributed by atoms with Crippen LogP contribution in [-0.2, 0) is 11.3 Å². The van der Waals surface area contributed by atoms with Crippen LogP contribution in [0.3, 0.4) is 0 Å². The van der Waals surface area contributed by atoms with Crippen LogP contribution >= 0.6 is 0 Å². The fraction of sp³-hybridized carbons (Fsp3) is 0.355. The summed E-state index contributed by atoms with van der Waals surface area (Å²) in [6.45, 7) is 10.6. The standard InChI is InChI=1S/C31H35N3O2/c1-21(2)26-15-12-23(4)18-29(26)36-17-7-16-33-28-9-6-5-8-27(28)32-31(33)24-19-30(35)34(20-24)25-13-10-22(3)11-14-25/h5-6,8-15,18,21,24H,7,16-17,19-20H2,1-4H3. The Morgan fingerprint density at radius 2 is 1.75 bits per heavy atom. The number of carbonyl (C=O) groups is 1. The predicted octanol–water partition coefficient (Wildman–Crippen LogP) is 6.77. The largest absolute Gasteiger partial charge is 0.493 e. The number of amides is 1. The molecule has 1 fully saturated rings. The number of hydrogen-bond acceptors (Lipinski definition) is 3. The van der Waals surface area contributed by atoms with E-state index in [2.05, 4.69) is 80.8 Å². The van der Waals surface area contributed by atoms with Crippen LogP contribution in [0.2, 0.25) is 0 Å². The van der Waals surface area contributed by atoms with Crippen LogP contribution in [0.1, 0.15) is 61.0 Å². The molecule has 0 aliphatic carbocycles. The molecule has 0 bridgehead atoms. The van der Waals surface area contributed by atoms with E-state index in [-0.39, 0.29) is 11.8 Å². The number of aryl methyl sites for hydroxylation is 3. The number of aromatic nitrogens is 2. The molecule has 0 radical (unpaired) electrons. The first kappa shape index (κ1) is 24.1. The normalized spacial score (nSPS) is 15.9. The highest BCUT2D eigenvalue weighted by atomic mass is 16.5. The lowest BCUT2D eigenvalue weighted by Gasteiger charge is -2.18. The van der Waals surface area contributed by atoms with Gasteiger partial charge in [-0.15, -0.1) is 0 Å². The summed E-state index contributed by atoms with van der Waals surface area (Å²) in [5, 5.41) is 0. The van der Waals surface area contributed by atoms with Gasteiger partial charge in [0, 0.05) is 31.1 Å². The lowest BCUT2D eigenvalue weighted by Crippen LogP contribution is -2.24. The highest BCUT2D eigenvalue weighted by Gasteiger charge is 2.34. The van der Waals surface area contributed by atoms with Crippen LogP contribution in [0.25, 0.3) is 11.0 Å². The zero-order valence-corrected chi connectivity index (χ0v) is 21.7. The van der Waals surface area contributed by atoms with Gasteiger partial charge in [-0.05, 0) is 67.6 Å². The summed E-state index contributed by atoms with van der Waals surface area (Å²) in [5.41, 5.74) is 6.71. The van der Waals surface area contributed by atoms with Gasteiger partial charge >= 0.3 is 0 Å². The van der Waals surface area contributed by atoms with Crippen molar-refractivity contribution in [1.29, 1.82) is 0 Å². The van der Waals surface area contributed by atoms with Crippen LogP contribution in [0, 0.1) is 13.8 Å². The summed E-state index contributed by atoms with van der Waals surface area (Å²) in [6.07, 6.45) is 1.34. The smallest absolute Gasteiger partial charge is 0.227 e. The Morgan fingerprint density at radius 3 is 2.53 bits per heavy atom. The third kappa shape index (κ3) is 4.88. The van der Waals surface area contributed by atoms with Crippen LogP contribution in [0.15, 0.2) is 66.7 Å². The maximum Gasteiger partial charge on any atom is 0.227 e. The van der Waals surface area contributed by atoms with E-state index in [9.17, 15) is 4.79 Å².